The Labute approximate surface area is 90.5 Å². The molecule has 1 aliphatic carbocycles. The van der Waals surface area contributed by atoms with E-state index in [1.54, 1.807) is 0 Å². The monoisotopic (exact) mass is 196 g/mol. The minimum absolute atomic E-state index is 0.972. The lowest BCUT2D eigenvalue weighted by Crippen LogP contribution is -1.93. The number of rotatable bonds is 8. The Bertz CT molecular complexity index is 139. The smallest absolute Gasteiger partial charge is 0.0386 e. The van der Waals surface area contributed by atoms with Crippen molar-refractivity contribution in [1.82, 2.24) is 0 Å². The van der Waals surface area contributed by atoms with E-state index in [2.05, 4.69) is 20.8 Å². The molecule has 0 radical (unpaired) electrons. The van der Waals surface area contributed by atoms with Gasteiger partial charge < -0.3 is 0 Å². The van der Waals surface area contributed by atoms with Crippen LogP contribution in [0.2, 0.25) is 0 Å². The van der Waals surface area contributed by atoms with E-state index < -0.39 is 0 Å². The van der Waals surface area contributed by atoms with Gasteiger partial charge in [0.2, 0.25) is 0 Å². The molecular formula is C14H28. The Morgan fingerprint density at radius 3 is 2.43 bits per heavy atom. The molecule has 0 aliphatic heterocycles. The average molecular weight is 196 g/mol. The molecule has 0 heteroatoms. The Morgan fingerprint density at radius 2 is 1.86 bits per heavy atom. The van der Waals surface area contributed by atoms with Gasteiger partial charge in [0.25, 0.3) is 0 Å². The Hall–Kier alpha value is 0. The standard InChI is InChI=1S/C14H28/c1-4-8-12(2)9-6-5-7-10-14-11-13(14)3/h12-14H,4-11H2,1-3H3. The van der Waals surface area contributed by atoms with Crippen molar-refractivity contribution < 1.29 is 0 Å². The Balaban J connectivity index is 1.79. The van der Waals surface area contributed by atoms with Crippen molar-refractivity contribution in [2.24, 2.45) is 17.8 Å². The number of hydrogen-bond acceptors (Lipinski definition) is 0. The highest BCUT2D eigenvalue weighted by Crippen LogP contribution is 2.41. The largest absolute Gasteiger partial charge is 0.0654 e. The van der Waals surface area contributed by atoms with Crippen molar-refractivity contribution in [3.8, 4) is 0 Å². The van der Waals surface area contributed by atoms with Crippen LogP contribution in [-0.2, 0) is 0 Å². The van der Waals surface area contributed by atoms with Crippen LogP contribution in [0.1, 0.15) is 72.1 Å². The third-order valence-electron chi connectivity index (χ3n) is 3.83. The first kappa shape index (κ1) is 12.1. The number of hydrogen-bond donors (Lipinski definition) is 0. The van der Waals surface area contributed by atoms with Gasteiger partial charge in [-0.15, -0.1) is 0 Å². The summed E-state index contributed by atoms with van der Waals surface area (Å²) in [6, 6.07) is 0. The van der Waals surface area contributed by atoms with Crippen LogP contribution >= 0.6 is 0 Å². The van der Waals surface area contributed by atoms with Crippen LogP contribution in [0.15, 0.2) is 0 Å². The molecule has 0 aromatic heterocycles. The summed E-state index contributed by atoms with van der Waals surface area (Å²) < 4.78 is 0. The maximum absolute atomic E-state index is 2.41. The van der Waals surface area contributed by atoms with E-state index in [1.165, 1.54) is 51.4 Å². The first-order valence-electron chi connectivity index (χ1n) is 6.74. The lowest BCUT2D eigenvalue weighted by Gasteiger charge is -2.08. The fourth-order valence-electron chi connectivity index (χ4n) is 2.51. The van der Waals surface area contributed by atoms with E-state index in [9.17, 15) is 0 Å². The summed E-state index contributed by atoms with van der Waals surface area (Å²) in [5.74, 6) is 3.15. The molecule has 14 heavy (non-hydrogen) atoms. The van der Waals surface area contributed by atoms with Gasteiger partial charge in [0, 0.05) is 0 Å². The van der Waals surface area contributed by atoms with Crippen molar-refractivity contribution >= 4 is 0 Å². The third-order valence-corrected chi connectivity index (χ3v) is 3.83. The molecule has 1 fully saturated rings. The van der Waals surface area contributed by atoms with Crippen molar-refractivity contribution in [1.29, 1.82) is 0 Å². The molecule has 0 amide bonds. The highest BCUT2D eigenvalue weighted by molar-refractivity contribution is 4.81. The van der Waals surface area contributed by atoms with E-state index in [0.29, 0.717) is 0 Å². The maximum atomic E-state index is 2.41. The summed E-state index contributed by atoms with van der Waals surface area (Å²) in [4.78, 5) is 0. The van der Waals surface area contributed by atoms with Crippen LogP contribution in [0.3, 0.4) is 0 Å². The van der Waals surface area contributed by atoms with Gasteiger partial charge in [-0.2, -0.15) is 0 Å². The van der Waals surface area contributed by atoms with Crippen molar-refractivity contribution in [2.45, 2.75) is 72.1 Å². The predicted octanol–water partition coefficient (Wildman–Crippen LogP) is 5.03. The third kappa shape index (κ3) is 5.02. The molecule has 0 nitrogen and oxygen atoms in total. The molecule has 0 aromatic rings. The summed E-state index contributed by atoms with van der Waals surface area (Å²) >= 11 is 0. The lowest BCUT2D eigenvalue weighted by atomic mass is 9.98. The molecule has 1 saturated carbocycles. The zero-order valence-corrected chi connectivity index (χ0v) is 10.4. The van der Waals surface area contributed by atoms with E-state index in [4.69, 9.17) is 0 Å². The molecule has 3 unspecified atom stereocenters. The molecule has 0 heterocycles. The second kappa shape index (κ2) is 6.48. The summed E-state index contributed by atoms with van der Waals surface area (Å²) in [7, 11) is 0. The van der Waals surface area contributed by atoms with Crippen LogP contribution in [-0.4, -0.2) is 0 Å². The van der Waals surface area contributed by atoms with E-state index in [1.807, 2.05) is 0 Å². The van der Waals surface area contributed by atoms with Gasteiger partial charge in [-0.25, -0.2) is 0 Å². The molecule has 84 valence electrons. The van der Waals surface area contributed by atoms with Gasteiger partial charge >= 0.3 is 0 Å². The normalized spacial score (nSPS) is 27.6. The van der Waals surface area contributed by atoms with Crippen molar-refractivity contribution in [3.63, 3.8) is 0 Å². The second-order valence-electron chi connectivity index (χ2n) is 5.50. The fraction of sp³-hybridized carbons (Fsp3) is 1.00. The number of unbranched alkanes of at least 4 members (excludes halogenated alkanes) is 2. The first-order valence-corrected chi connectivity index (χ1v) is 6.74. The zero-order valence-electron chi connectivity index (χ0n) is 10.4. The topological polar surface area (TPSA) is 0 Å². The molecule has 0 bridgehead atoms. The predicted molar refractivity (Wildman–Crippen MR) is 64.4 cm³/mol. The minimum atomic E-state index is 0.972. The zero-order chi connectivity index (χ0) is 10.4. The van der Waals surface area contributed by atoms with Crippen molar-refractivity contribution in [3.05, 3.63) is 0 Å². The summed E-state index contributed by atoms with van der Waals surface area (Å²) in [6.07, 6.45) is 11.7. The van der Waals surface area contributed by atoms with Crippen LogP contribution < -0.4 is 0 Å². The van der Waals surface area contributed by atoms with Gasteiger partial charge in [-0.1, -0.05) is 65.7 Å². The molecule has 0 N–H and O–H groups in total. The molecule has 3 atom stereocenters. The lowest BCUT2D eigenvalue weighted by molar-refractivity contribution is 0.449. The molecule has 0 aromatic carbocycles. The van der Waals surface area contributed by atoms with E-state index >= 15 is 0 Å². The van der Waals surface area contributed by atoms with E-state index in [-0.39, 0.29) is 0 Å². The average Bonchev–Trinajstić information content (AvgIpc) is 2.82. The van der Waals surface area contributed by atoms with Gasteiger partial charge in [-0.05, 0) is 24.2 Å². The van der Waals surface area contributed by atoms with Gasteiger partial charge in [-0.3, -0.25) is 0 Å². The van der Waals surface area contributed by atoms with Crippen molar-refractivity contribution in [2.75, 3.05) is 0 Å². The van der Waals surface area contributed by atoms with Gasteiger partial charge in [0.15, 0.2) is 0 Å². The summed E-state index contributed by atoms with van der Waals surface area (Å²) in [6.45, 7) is 7.10. The summed E-state index contributed by atoms with van der Waals surface area (Å²) in [5.41, 5.74) is 0. The Morgan fingerprint density at radius 1 is 1.14 bits per heavy atom. The van der Waals surface area contributed by atoms with Gasteiger partial charge in [0.05, 0.1) is 0 Å². The molecule has 1 rings (SSSR count). The minimum Gasteiger partial charge on any atom is -0.0654 e. The van der Waals surface area contributed by atoms with Crippen LogP contribution in [0.4, 0.5) is 0 Å². The Kier molecular flexibility index (Phi) is 5.59. The van der Waals surface area contributed by atoms with Gasteiger partial charge in [0.1, 0.15) is 0 Å². The fourth-order valence-corrected chi connectivity index (χ4v) is 2.51. The molecule has 0 spiro atoms. The van der Waals surface area contributed by atoms with E-state index in [0.717, 1.165) is 17.8 Å². The highest BCUT2D eigenvalue weighted by atomic mass is 14.4. The quantitative estimate of drug-likeness (QED) is 0.478. The first-order chi connectivity index (χ1) is 6.74. The van der Waals surface area contributed by atoms with Crippen LogP contribution in [0, 0.1) is 17.8 Å². The molecule has 1 aliphatic rings. The second-order valence-corrected chi connectivity index (χ2v) is 5.50. The highest BCUT2D eigenvalue weighted by Gasteiger charge is 2.31. The maximum Gasteiger partial charge on any atom is -0.0386 e. The summed E-state index contributed by atoms with van der Waals surface area (Å²) in [5, 5.41) is 0. The SMILES string of the molecule is CCCC(C)CCCCCC1CC1C. The molecular weight excluding hydrogens is 168 g/mol. The van der Waals surface area contributed by atoms with Crippen LogP contribution in [0.5, 0.6) is 0 Å². The molecule has 0 saturated heterocycles. The van der Waals surface area contributed by atoms with Crippen LogP contribution in [0.25, 0.3) is 0 Å².